The van der Waals surface area contributed by atoms with Crippen LogP contribution in [-0.4, -0.2) is 40.1 Å². The zero-order valence-corrected chi connectivity index (χ0v) is 9.79. The van der Waals surface area contributed by atoms with E-state index in [0.717, 1.165) is 24.9 Å². The molecule has 0 bridgehead atoms. The fourth-order valence-corrected chi connectivity index (χ4v) is 2.21. The van der Waals surface area contributed by atoms with E-state index in [1.807, 2.05) is 20.2 Å². The third kappa shape index (κ3) is 2.09. The summed E-state index contributed by atoms with van der Waals surface area (Å²) in [5.74, 6) is 0.159. The highest BCUT2D eigenvalue weighted by molar-refractivity contribution is 5.86. The van der Waals surface area contributed by atoms with E-state index in [4.69, 9.17) is 0 Å². The number of likely N-dealkylation sites (N-methyl/N-ethyl adjacent to an activating group) is 1. The molecule has 1 fully saturated rings. The molecule has 0 saturated carbocycles. The summed E-state index contributed by atoms with van der Waals surface area (Å²) in [6.07, 6.45) is 5.55. The molecule has 2 N–H and O–H groups in total. The van der Waals surface area contributed by atoms with Gasteiger partial charge in [-0.15, -0.1) is 0 Å². The van der Waals surface area contributed by atoms with Gasteiger partial charge in [0.1, 0.15) is 0 Å². The summed E-state index contributed by atoms with van der Waals surface area (Å²) < 4.78 is 0. The Kier molecular flexibility index (Phi) is 2.96. The van der Waals surface area contributed by atoms with E-state index < -0.39 is 0 Å². The molecule has 16 heavy (non-hydrogen) atoms. The summed E-state index contributed by atoms with van der Waals surface area (Å²) in [5.41, 5.74) is 0.649. The maximum absolute atomic E-state index is 12.2. The quantitative estimate of drug-likeness (QED) is 0.783. The van der Waals surface area contributed by atoms with Crippen LogP contribution in [0.2, 0.25) is 0 Å². The Morgan fingerprint density at radius 1 is 1.69 bits per heavy atom. The van der Waals surface area contributed by atoms with Crippen molar-refractivity contribution in [2.75, 3.05) is 13.6 Å². The fraction of sp³-hybridized carbons (Fsp3) is 0.636. The maximum atomic E-state index is 12.2. The first-order chi connectivity index (χ1) is 7.62. The van der Waals surface area contributed by atoms with Crippen molar-refractivity contribution in [3.63, 3.8) is 0 Å². The number of aromatic amines is 1. The molecule has 2 rings (SSSR count). The van der Waals surface area contributed by atoms with Gasteiger partial charge < -0.3 is 10.2 Å². The molecule has 1 aromatic heterocycles. The normalized spacial score (nSPS) is 24.6. The number of carbonyl (C=O) groups is 1. The second-order valence-corrected chi connectivity index (χ2v) is 4.63. The Morgan fingerprint density at radius 2 is 2.50 bits per heavy atom. The fourth-order valence-electron chi connectivity index (χ4n) is 2.21. The second-order valence-electron chi connectivity index (χ2n) is 4.63. The highest BCUT2D eigenvalue weighted by atomic mass is 16.2. The van der Waals surface area contributed by atoms with Crippen molar-refractivity contribution < 1.29 is 4.79 Å². The van der Waals surface area contributed by atoms with Gasteiger partial charge in [-0.25, -0.2) is 0 Å². The first-order valence-electron chi connectivity index (χ1n) is 5.60. The standard InChI is InChI=1S/C11H18N4O/c1-11(4-3-5-12-11)10(16)15(2)8-9-6-13-14-7-9/h6-7,12H,3-5,8H2,1-2H3,(H,13,14). The molecule has 1 aliphatic heterocycles. The first kappa shape index (κ1) is 11.1. The SMILES string of the molecule is CN(Cc1cn[nH]c1)C(=O)C1(C)CCCN1. The minimum Gasteiger partial charge on any atom is -0.340 e. The predicted molar refractivity (Wildman–Crippen MR) is 60.7 cm³/mol. The zero-order valence-electron chi connectivity index (χ0n) is 9.79. The molecule has 1 atom stereocenters. The summed E-state index contributed by atoms with van der Waals surface area (Å²) >= 11 is 0. The van der Waals surface area contributed by atoms with E-state index >= 15 is 0 Å². The van der Waals surface area contributed by atoms with E-state index in [0.29, 0.717) is 6.54 Å². The van der Waals surface area contributed by atoms with Gasteiger partial charge in [-0.05, 0) is 26.3 Å². The molecule has 0 aliphatic carbocycles. The van der Waals surface area contributed by atoms with E-state index in [1.165, 1.54) is 0 Å². The summed E-state index contributed by atoms with van der Waals surface area (Å²) in [7, 11) is 1.83. The lowest BCUT2D eigenvalue weighted by molar-refractivity contribution is -0.136. The van der Waals surface area contributed by atoms with Crippen molar-refractivity contribution in [2.45, 2.75) is 31.8 Å². The second kappa shape index (κ2) is 4.25. The third-order valence-corrected chi connectivity index (χ3v) is 3.16. The van der Waals surface area contributed by atoms with Crippen LogP contribution in [0.4, 0.5) is 0 Å². The molecule has 88 valence electrons. The molecule has 1 amide bonds. The average molecular weight is 222 g/mol. The van der Waals surface area contributed by atoms with Crippen molar-refractivity contribution >= 4 is 5.91 Å². The number of aromatic nitrogens is 2. The number of hydrogen-bond acceptors (Lipinski definition) is 3. The third-order valence-electron chi connectivity index (χ3n) is 3.16. The van der Waals surface area contributed by atoms with Gasteiger partial charge in [-0.2, -0.15) is 5.10 Å². The van der Waals surface area contributed by atoms with Crippen molar-refractivity contribution in [1.29, 1.82) is 0 Å². The van der Waals surface area contributed by atoms with E-state index in [-0.39, 0.29) is 11.4 Å². The Hall–Kier alpha value is -1.36. The van der Waals surface area contributed by atoms with Crippen LogP contribution in [0.5, 0.6) is 0 Å². The Morgan fingerprint density at radius 3 is 3.06 bits per heavy atom. The van der Waals surface area contributed by atoms with Crippen LogP contribution in [0.3, 0.4) is 0 Å². The van der Waals surface area contributed by atoms with Crippen LogP contribution >= 0.6 is 0 Å². The number of hydrogen-bond donors (Lipinski definition) is 2. The summed E-state index contributed by atoms with van der Waals surface area (Å²) in [6.45, 7) is 3.52. The van der Waals surface area contributed by atoms with Gasteiger partial charge in [-0.3, -0.25) is 9.89 Å². The highest BCUT2D eigenvalue weighted by Crippen LogP contribution is 2.21. The maximum Gasteiger partial charge on any atom is 0.242 e. The van der Waals surface area contributed by atoms with Gasteiger partial charge in [-0.1, -0.05) is 0 Å². The summed E-state index contributed by atoms with van der Waals surface area (Å²) in [6, 6.07) is 0. The van der Waals surface area contributed by atoms with Crippen LogP contribution in [-0.2, 0) is 11.3 Å². The highest BCUT2D eigenvalue weighted by Gasteiger charge is 2.37. The molecular formula is C11H18N4O. The van der Waals surface area contributed by atoms with Crippen LogP contribution < -0.4 is 5.32 Å². The van der Waals surface area contributed by atoms with Crippen molar-refractivity contribution in [2.24, 2.45) is 0 Å². The number of H-pyrrole nitrogens is 1. The molecule has 0 aromatic carbocycles. The molecule has 0 spiro atoms. The predicted octanol–water partition coefficient (Wildman–Crippen LogP) is 0.510. The number of nitrogens with zero attached hydrogens (tertiary/aromatic N) is 2. The molecule has 1 aliphatic rings. The smallest absolute Gasteiger partial charge is 0.242 e. The van der Waals surface area contributed by atoms with Crippen LogP contribution in [0, 0.1) is 0 Å². The van der Waals surface area contributed by atoms with Crippen molar-refractivity contribution in [1.82, 2.24) is 20.4 Å². The van der Waals surface area contributed by atoms with Gasteiger partial charge >= 0.3 is 0 Å². The zero-order chi connectivity index (χ0) is 11.6. The van der Waals surface area contributed by atoms with Gasteiger partial charge in [0.2, 0.25) is 5.91 Å². The Bertz CT molecular complexity index is 354. The lowest BCUT2D eigenvalue weighted by Gasteiger charge is -2.28. The lowest BCUT2D eigenvalue weighted by atomic mass is 9.98. The molecule has 1 unspecified atom stereocenters. The monoisotopic (exact) mass is 222 g/mol. The van der Waals surface area contributed by atoms with Gasteiger partial charge in [0.15, 0.2) is 0 Å². The molecule has 1 saturated heterocycles. The van der Waals surface area contributed by atoms with E-state index in [9.17, 15) is 4.79 Å². The van der Waals surface area contributed by atoms with E-state index in [1.54, 1.807) is 11.1 Å². The summed E-state index contributed by atoms with van der Waals surface area (Å²) in [5, 5.41) is 9.90. The van der Waals surface area contributed by atoms with Crippen molar-refractivity contribution in [3.8, 4) is 0 Å². The van der Waals surface area contributed by atoms with Crippen LogP contribution in [0.25, 0.3) is 0 Å². The lowest BCUT2D eigenvalue weighted by Crippen LogP contribution is -2.51. The largest absolute Gasteiger partial charge is 0.340 e. The molecule has 2 heterocycles. The van der Waals surface area contributed by atoms with Gasteiger partial charge in [0.25, 0.3) is 0 Å². The van der Waals surface area contributed by atoms with Crippen LogP contribution in [0.15, 0.2) is 12.4 Å². The number of rotatable bonds is 3. The molecule has 0 radical (unpaired) electrons. The molecular weight excluding hydrogens is 204 g/mol. The molecule has 5 nitrogen and oxygen atoms in total. The van der Waals surface area contributed by atoms with Crippen molar-refractivity contribution in [3.05, 3.63) is 18.0 Å². The Labute approximate surface area is 95.2 Å². The van der Waals surface area contributed by atoms with E-state index in [2.05, 4.69) is 15.5 Å². The minimum atomic E-state index is -0.377. The van der Waals surface area contributed by atoms with Gasteiger partial charge in [0, 0.05) is 25.4 Å². The number of nitrogens with one attached hydrogen (secondary N) is 2. The van der Waals surface area contributed by atoms with Crippen LogP contribution in [0.1, 0.15) is 25.3 Å². The number of carbonyl (C=O) groups excluding carboxylic acids is 1. The summed E-state index contributed by atoms with van der Waals surface area (Å²) in [4.78, 5) is 14.0. The molecule has 5 heteroatoms. The minimum absolute atomic E-state index is 0.159. The number of amides is 1. The topological polar surface area (TPSA) is 61.0 Å². The Balaban J connectivity index is 1.99. The van der Waals surface area contributed by atoms with Gasteiger partial charge in [0.05, 0.1) is 11.7 Å². The first-order valence-corrected chi connectivity index (χ1v) is 5.60. The molecule has 1 aromatic rings. The average Bonchev–Trinajstić information content (AvgIpc) is 2.89.